The number of pyridine rings is 1. The molecule has 1 atom stereocenters. The number of esters is 1. The van der Waals surface area contributed by atoms with Crippen LogP contribution in [0.2, 0.25) is 10.3 Å². The topological polar surface area (TPSA) is 94.3 Å². The first kappa shape index (κ1) is 19.9. The molecule has 118 valence electrons. The van der Waals surface area contributed by atoms with Crippen LogP contribution in [0.3, 0.4) is 0 Å². The Morgan fingerprint density at radius 2 is 1.95 bits per heavy atom. The lowest BCUT2D eigenvalue weighted by Gasteiger charge is -2.12. The largest absolute Gasteiger partial charge is 0.460 e. The molecule has 0 radical (unpaired) electrons. The van der Waals surface area contributed by atoms with Crippen LogP contribution < -0.4 is 11.1 Å². The fourth-order valence-corrected chi connectivity index (χ4v) is 1.89. The molecule has 0 saturated carbocycles. The van der Waals surface area contributed by atoms with Crippen LogP contribution in [-0.2, 0) is 20.9 Å². The fourth-order valence-electron chi connectivity index (χ4n) is 1.38. The Hall–Kier alpha value is -1.08. The predicted octanol–water partition coefficient (Wildman–Crippen LogP) is 1.71. The molecule has 0 bridgehead atoms. The monoisotopic (exact) mass is 355 g/mol. The van der Waals surface area contributed by atoms with Gasteiger partial charge in [0.1, 0.15) is 23.0 Å². The van der Waals surface area contributed by atoms with Crippen molar-refractivity contribution in [1.82, 2.24) is 10.3 Å². The zero-order valence-electron chi connectivity index (χ0n) is 11.3. The van der Waals surface area contributed by atoms with Gasteiger partial charge in [0, 0.05) is 13.5 Å². The Balaban J connectivity index is 0.00000400. The van der Waals surface area contributed by atoms with Gasteiger partial charge < -0.3 is 15.8 Å². The van der Waals surface area contributed by atoms with Crippen LogP contribution in [0.25, 0.3) is 0 Å². The Kier molecular flexibility index (Phi) is 9.28. The molecule has 3 N–H and O–H groups in total. The summed E-state index contributed by atoms with van der Waals surface area (Å²) in [5.41, 5.74) is 6.26. The number of rotatable bonds is 6. The first-order chi connectivity index (χ1) is 9.38. The number of aromatic nitrogens is 1. The van der Waals surface area contributed by atoms with Gasteiger partial charge in [-0.1, -0.05) is 23.2 Å². The molecule has 1 amide bonds. The summed E-state index contributed by atoms with van der Waals surface area (Å²) in [6.07, 6.45) is 0.302. The van der Waals surface area contributed by atoms with E-state index in [2.05, 4.69) is 10.3 Å². The molecule has 0 fully saturated rings. The Bertz CT molecular complexity index is 480. The Morgan fingerprint density at radius 1 is 1.38 bits per heavy atom. The lowest BCUT2D eigenvalue weighted by atomic mass is 10.2. The smallest absolute Gasteiger partial charge is 0.323 e. The molecular formula is C12H16Cl3N3O3. The molecule has 0 unspecified atom stereocenters. The van der Waals surface area contributed by atoms with E-state index >= 15 is 0 Å². The molecule has 1 aromatic heterocycles. The number of nitrogens with one attached hydrogen (secondary N) is 1. The van der Waals surface area contributed by atoms with Gasteiger partial charge in [0.25, 0.3) is 0 Å². The molecule has 0 aliphatic carbocycles. The second-order valence-corrected chi connectivity index (χ2v) is 4.88. The number of halogens is 3. The van der Waals surface area contributed by atoms with Crippen molar-refractivity contribution in [3.63, 3.8) is 0 Å². The minimum Gasteiger partial charge on any atom is -0.460 e. The van der Waals surface area contributed by atoms with Crippen molar-refractivity contribution >= 4 is 47.5 Å². The van der Waals surface area contributed by atoms with Gasteiger partial charge in [0.15, 0.2) is 0 Å². The van der Waals surface area contributed by atoms with E-state index in [4.69, 9.17) is 33.7 Å². The molecule has 0 aliphatic heterocycles. The highest BCUT2D eigenvalue weighted by molar-refractivity contribution is 6.32. The molecule has 0 saturated heterocycles. The van der Waals surface area contributed by atoms with Crippen LogP contribution in [0, 0.1) is 0 Å². The molecule has 0 aromatic carbocycles. The van der Waals surface area contributed by atoms with Crippen molar-refractivity contribution in [2.24, 2.45) is 5.73 Å². The maximum atomic E-state index is 11.6. The molecule has 6 nitrogen and oxygen atoms in total. The summed E-state index contributed by atoms with van der Waals surface area (Å²) in [4.78, 5) is 26.1. The number of carbonyl (C=O) groups is 2. The Morgan fingerprint density at radius 3 is 2.48 bits per heavy atom. The van der Waals surface area contributed by atoms with Crippen molar-refractivity contribution in [2.45, 2.75) is 26.0 Å². The minimum atomic E-state index is -0.797. The molecule has 1 aromatic rings. The molecule has 1 rings (SSSR count). The summed E-state index contributed by atoms with van der Waals surface area (Å²) in [6, 6.07) is 2.29. The van der Waals surface area contributed by atoms with Gasteiger partial charge in [-0.15, -0.1) is 12.4 Å². The lowest BCUT2D eigenvalue weighted by molar-refractivity contribution is -0.146. The SMILES string of the molecule is CC(=O)NCC[C@H](N)C(=O)OCc1cc(Cl)nc(Cl)c1.Cl. The number of nitrogens with two attached hydrogens (primary N) is 1. The molecule has 0 aliphatic rings. The van der Waals surface area contributed by atoms with E-state index in [0.717, 1.165) is 0 Å². The van der Waals surface area contributed by atoms with Crippen molar-refractivity contribution in [3.8, 4) is 0 Å². The average molecular weight is 357 g/mol. The number of hydrogen-bond donors (Lipinski definition) is 2. The van der Waals surface area contributed by atoms with E-state index in [0.29, 0.717) is 18.5 Å². The first-order valence-electron chi connectivity index (χ1n) is 5.87. The zero-order chi connectivity index (χ0) is 15.1. The highest BCUT2D eigenvalue weighted by Gasteiger charge is 2.15. The van der Waals surface area contributed by atoms with E-state index < -0.39 is 12.0 Å². The van der Waals surface area contributed by atoms with E-state index in [1.807, 2.05) is 0 Å². The second kappa shape index (κ2) is 9.78. The fraction of sp³-hybridized carbons (Fsp3) is 0.417. The van der Waals surface area contributed by atoms with Gasteiger partial charge in [-0.05, 0) is 24.1 Å². The van der Waals surface area contributed by atoms with E-state index in [-0.39, 0.29) is 35.2 Å². The molecule has 0 spiro atoms. The summed E-state index contributed by atoms with van der Waals surface area (Å²) in [6.45, 7) is 1.72. The standard InChI is InChI=1S/C12H15Cl2N3O3.ClH/c1-7(18)16-3-2-9(15)12(19)20-6-8-4-10(13)17-11(14)5-8;/h4-5,9H,2-3,6,15H2,1H3,(H,16,18);1H/t9-;/m0./s1. The number of ether oxygens (including phenoxy) is 1. The summed E-state index contributed by atoms with van der Waals surface area (Å²) in [5, 5.41) is 2.99. The van der Waals surface area contributed by atoms with Gasteiger partial charge >= 0.3 is 5.97 Å². The van der Waals surface area contributed by atoms with E-state index in [1.165, 1.54) is 6.92 Å². The molecule has 1 heterocycles. The van der Waals surface area contributed by atoms with Crippen molar-refractivity contribution in [1.29, 1.82) is 0 Å². The quantitative estimate of drug-likeness (QED) is 0.598. The third-order valence-corrected chi connectivity index (χ3v) is 2.72. The minimum absolute atomic E-state index is 0. The van der Waals surface area contributed by atoms with Gasteiger partial charge in [0.05, 0.1) is 0 Å². The third-order valence-electron chi connectivity index (χ3n) is 2.34. The van der Waals surface area contributed by atoms with Crippen LogP contribution in [0.15, 0.2) is 12.1 Å². The number of amides is 1. The average Bonchev–Trinajstić information content (AvgIpc) is 2.34. The number of nitrogens with zero attached hydrogens (tertiary/aromatic N) is 1. The lowest BCUT2D eigenvalue weighted by Crippen LogP contribution is -2.36. The first-order valence-corrected chi connectivity index (χ1v) is 6.62. The summed E-state index contributed by atoms with van der Waals surface area (Å²) in [7, 11) is 0. The van der Waals surface area contributed by atoms with Gasteiger partial charge in [-0.25, -0.2) is 4.98 Å². The van der Waals surface area contributed by atoms with Crippen LogP contribution in [-0.4, -0.2) is 29.4 Å². The zero-order valence-corrected chi connectivity index (χ0v) is 13.6. The maximum absolute atomic E-state index is 11.6. The second-order valence-electron chi connectivity index (χ2n) is 4.11. The normalized spacial score (nSPS) is 11.2. The third kappa shape index (κ3) is 8.06. The van der Waals surface area contributed by atoms with Crippen molar-refractivity contribution < 1.29 is 14.3 Å². The van der Waals surface area contributed by atoms with Crippen molar-refractivity contribution in [3.05, 3.63) is 28.0 Å². The predicted molar refractivity (Wildman–Crippen MR) is 82.6 cm³/mol. The van der Waals surface area contributed by atoms with Gasteiger partial charge in [0.2, 0.25) is 5.91 Å². The van der Waals surface area contributed by atoms with Gasteiger partial charge in [-0.2, -0.15) is 0 Å². The van der Waals surface area contributed by atoms with E-state index in [9.17, 15) is 9.59 Å². The van der Waals surface area contributed by atoms with Crippen LogP contribution in [0.1, 0.15) is 18.9 Å². The Labute approximate surface area is 138 Å². The summed E-state index contributed by atoms with van der Waals surface area (Å²) < 4.78 is 5.04. The highest BCUT2D eigenvalue weighted by Crippen LogP contribution is 2.15. The van der Waals surface area contributed by atoms with Crippen LogP contribution >= 0.6 is 35.6 Å². The highest BCUT2D eigenvalue weighted by atomic mass is 35.5. The van der Waals surface area contributed by atoms with Crippen molar-refractivity contribution in [2.75, 3.05) is 6.54 Å². The molecule has 9 heteroatoms. The molecular weight excluding hydrogens is 341 g/mol. The number of carbonyl (C=O) groups excluding carboxylic acids is 2. The maximum Gasteiger partial charge on any atom is 0.323 e. The molecule has 21 heavy (non-hydrogen) atoms. The number of hydrogen-bond acceptors (Lipinski definition) is 5. The van der Waals surface area contributed by atoms with Gasteiger partial charge in [-0.3, -0.25) is 9.59 Å². The van der Waals surface area contributed by atoms with Crippen LogP contribution in [0.4, 0.5) is 0 Å². The summed E-state index contributed by atoms with van der Waals surface area (Å²) >= 11 is 11.5. The van der Waals surface area contributed by atoms with Crippen LogP contribution in [0.5, 0.6) is 0 Å². The van der Waals surface area contributed by atoms with E-state index in [1.54, 1.807) is 12.1 Å². The summed E-state index contributed by atoms with van der Waals surface area (Å²) in [5.74, 6) is -0.731.